The van der Waals surface area contributed by atoms with Crippen LogP contribution >= 0.6 is 11.6 Å². The Kier molecular flexibility index (Phi) is 6.54. The van der Waals surface area contributed by atoms with Crippen LogP contribution in [0.3, 0.4) is 0 Å². The second-order valence-corrected chi connectivity index (χ2v) is 8.12. The van der Waals surface area contributed by atoms with E-state index < -0.39 is 31.7 Å². The van der Waals surface area contributed by atoms with Crippen molar-refractivity contribution in [1.29, 1.82) is 0 Å². The molecule has 1 fully saturated rings. The Hall–Kier alpha value is -1.36. The number of likely N-dealkylation sites (N-methyl/N-ethyl adjacent to an activating group) is 1. The quantitative estimate of drug-likeness (QED) is 0.799. The Morgan fingerprint density at radius 1 is 1.23 bits per heavy atom. The highest BCUT2D eigenvalue weighted by atomic mass is 35.5. The summed E-state index contributed by atoms with van der Waals surface area (Å²) in [6.45, 7) is 3.26. The van der Waals surface area contributed by atoms with Crippen molar-refractivity contribution in [2.24, 2.45) is 0 Å². The molecule has 2 rings (SSSR count). The number of nitrogens with zero attached hydrogens (tertiary/aromatic N) is 2. The Labute approximate surface area is 155 Å². The molecule has 0 atom stereocenters. The number of nitrogens with one attached hydrogen (secondary N) is 1. The van der Waals surface area contributed by atoms with Crippen LogP contribution in [0.4, 0.5) is 13.2 Å². The van der Waals surface area contributed by atoms with Crippen LogP contribution in [0.1, 0.15) is 12.5 Å². The van der Waals surface area contributed by atoms with Gasteiger partial charge in [0.05, 0.1) is 22.0 Å². The van der Waals surface area contributed by atoms with Gasteiger partial charge in [-0.15, -0.1) is 0 Å². The average Bonchev–Trinajstić information content (AvgIpc) is 2.54. The molecule has 0 aromatic heterocycles. The third kappa shape index (κ3) is 4.87. The Morgan fingerprint density at radius 2 is 1.85 bits per heavy atom. The lowest BCUT2D eigenvalue weighted by molar-refractivity contribution is -0.137. The van der Waals surface area contributed by atoms with Gasteiger partial charge in [-0.2, -0.15) is 17.5 Å². The van der Waals surface area contributed by atoms with Crippen LogP contribution in [-0.4, -0.2) is 62.8 Å². The lowest BCUT2D eigenvalue weighted by Gasteiger charge is -2.33. The minimum Gasteiger partial charge on any atom is -0.355 e. The van der Waals surface area contributed by atoms with E-state index in [9.17, 15) is 26.4 Å². The molecule has 0 spiro atoms. The first-order valence-corrected chi connectivity index (χ1v) is 9.73. The van der Waals surface area contributed by atoms with Crippen molar-refractivity contribution >= 4 is 27.5 Å². The highest BCUT2D eigenvalue weighted by molar-refractivity contribution is 7.89. The van der Waals surface area contributed by atoms with E-state index in [0.717, 1.165) is 16.4 Å². The third-order valence-electron chi connectivity index (χ3n) is 3.95. The van der Waals surface area contributed by atoms with Gasteiger partial charge in [-0.25, -0.2) is 8.42 Å². The number of hydrogen-bond donors (Lipinski definition) is 1. The maximum absolute atomic E-state index is 13.0. The van der Waals surface area contributed by atoms with Gasteiger partial charge < -0.3 is 5.32 Å². The van der Waals surface area contributed by atoms with Crippen molar-refractivity contribution < 1.29 is 26.4 Å². The monoisotopic (exact) mass is 413 g/mol. The summed E-state index contributed by atoms with van der Waals surface area (Å²) in [5.74, 6) is -0.156. The fraction of sp³-hybridized carbons (Fsp3) is 0.533. The number of piperazine rings is 1. The van der Waals surface area contributed by atoms with Crippen LogP contribution in [0.5, 0.6) is 0 Å². The maximum Gasteiger partial charge on any atom is 0.417 e. The summed E-state index contributed by atoms with van der Waals surface area (Å²) in [4.78, 5) is 12.9. The highest BCUT2D eigenvalue weighted by Crippen LogP contribution is 2.36. The lowest BCUT2D eigenvalue weighted by Crippen LogP contribution is -2.51. The van der Waals surface area contributed by atoms with Gasteiger partial charge in [-0.05, 0) is 25.1 Å². The number of amides is 1. The summed E-state index contributed by atoms with van der Waals surface area (Å²) >= 11 is 5.54. The fourth-order valence-electron chi connectivity index (χ4n) is 2.62. The second-order valence-electron chi connectivity index (χ2n) is 5.77. The zero-order valence-corrected chi connectivity index (χ0v) is 15.6. The molecule has 0 unspecified atom stereocenters. The first kappa shape index (κ1) is 20.9. The van der Waals surface area contributed by atoms with Crippen LogP contribution in [0.25, 0.3) is 0 Å². The van der Waals surface area contributed by atoms with E-state index in [2.05, 4.69) is 5.32 Å². The van der Waals surface area contributed by atoms with E-state index in [1.54, 1.807) is 11.8 Å². The molecule has 146 valence electrons. The van der Waals surface area contributed by atoms with Gasteiger partial charge in [0.15, 0.2) is 0 Å². The predicted molar refractivity (Wildman–Crippen MR) is 90.3 cm³/mol. The molecule has 1 aromatic carbocycles. The smallest absolute Gasteiger partial charge is 0.355 e. The molecule has 1 heterocycles. The molecule has 1 N–H and O–H groups in total. The van der Waals surface area contributed by atoms with Crippen LogP contribution in [0.2, 0.25) is 5.02 Å². The van der Waals surface area contributed by atoms with Crippen molar-refractivity contribution in [2.45, 2.75) is 18.0 Å². The molecule has 0 aliphatic carbocycles. The molecule has 6 nitrogen and oxygen atoms in total. The van der Waals surface area contributed by atoms with E-state index in [4.69, 9.17) is 11.6 Å². The molecular formula is C15H19ClF3N3O3S. The average molecular weight is 414 g/mol. The summed E-state index contributed by atoms with van der Waals surface area (Å²) in [5.41, 5.74) is -1.19. The van der Waals surface area contributed by atoms with Crippen molar-refractivity contribution in [3.8, 4) is 0 Å². The third-order valence-corrected chi connectivity index (χ3v) is 6.18. The van der Waals surface area contributed by atoms with E-state index in [0.29, 0.717) is 25.7 Å². The Balaban J connectivity index is 2.11. The van der Waals surface area contributed by atoms with Crippen molar-refractivity contribution in [3.05, 3.63) is 28.8 Å². The SMILES string of the molecule is CCNC(=O)CN1CCN(S(=O)(=O)c2ccc(Cl)c(C(F)(F)F)c2)CC1. The molecule has 0 saturated carbocycles. The summed E-state index contributed by atoms with van der Waals surface area (Å²) < 4.78 is 65.2. The number of carbonyl (C=O) groups excluding carboxylic acids is 1. The topological polar surface area (TPSA) is 69.7 Å². The fourth-order valence-corrected chi connectivity index (χ4v) is 4.29. The molecule has 1 saturated heterocycles. The molecule has 0 bridgehead atoms. The van der Waals surface area contributed by atoms with Crippen LogP contribution in [0.15, 0.2) is 23.1 Å². The summed E-state index contributed by atoms with van der Waals surface area (Å²) in [5, 5.41) is 2.10. The van der Waals surface area contributed by atoms with Gasteiger partial charge in [-0.1, -0.05) is 11.6 Å². The minimum absolute atomic E-state index is 0.0890. The van der Waals surface area contributed by atoms with Crippen LogP contribution in [-0.2, 0) is 21.0 Å². The second kappa shape index (κ2) is 8.12. The predicted octanol–water partition coefficient (Wildman–Crippen LogP) is 1.80. The number of sulfonamides is 1. The number of rotatable bonds is 5. The normalized spacial score (nSPS) is 17.3. The van der Waals surface area contributed by atoms with Gasteiger partial charge in [0.2, 0.25) is 15.9 Å². The molecule has 1 aliphatic rings. The molecular weight excluding hydrogens is 395 g/mol. The Bertz CT molecular complexity index is 763. The van der Waals surface area contributed by atoms with Crippen LogP contribution < -0.4 is 5.32 Å². The van der Waals surface area contributed by atoms with Crippen molar-refractivity contribution in [1.82, 2.24) is 14.5 Å². The summed E-state index contributed by atoms with van der Waals surface area (Å²) in [6.07, 6.45) is -4.74. The highest BCUT2D eigenvalue weighted by Gasteiger charge is 2.36. The van der Waals surface area contributed by atoms with E-state index in [1.165, 1.54) is 0 Å². The van der Waals surface area contributed by atoms with Crippen molar-refractivity contribution in [3.63, 3.8) is 0 Å². The number of carbonyl (C=O) groups is 1. The zero-order valence-electron chi connectivity index (χ0n) is 14.0. The van der Waals surface area contributed by atoms with Gasteiger partial charge in [0.25, 0.3) is 0 Å². The van der Waals surface area contributed by atoms with Crippen molar-refractivity contribution in [2.75, 3.05) is 39.3 Å². The van der Waals surface area contributed by atoms with E-state index >= 15 is 0 Å². The van der Waals surface area contributed by atoms with Gasteiger partial charge in [0.1, 0.15) is 0 Å². The zero-order chi connectivity index (χ0) is 19.5. The Morgan fingerprint density at radius 3 is 2.38 bits per heavy atom. The van der Waals surface area contributed by atoms with Gasteiger partial charge >= 0.3 is 6.18 Å². The first-order chi connectivity index (χ1) is 12.1. The number of hydrogen-bond acceptors (Lipinski definition) is 4. The van der Waals surface area contributed by atoms with Gasteiger partial charge in [0, 0.05) is 32.7 Å². The molecule has 26 heavy (non-hydrogen) atoms. The molecule has 11 heteroatoms. The lowest BCUT2D eigenvalue weighted by atomic mass is 10.2. The van der Waals surface area contributed by atoms with E-state index in [1.807, 2.05) is 0 Å². The van der Waals surface area contributed by atoms with E-state index in [-0.39, 0.29) is 25.5 Å². The molecule has 1 aliphatic heterocycles. The molecule has 1 aromatic rings. The molecule has 1 amide bonds. The number of alkyl halides is 3. The maximum atomic E-state index is 13.0. The standard InChI is InChI=1S/C15H19ClF3N3O3S/c1-2-20-14(23)10-21-5-7-22(8-6-21)26(24,25)11-3-4-13(16)12(9-11)15(17,18)19/h3-4,9H,2,5-8,10H2,1H3,(H,20,23). The number of benzene rings is 1. The summed E-state index contributed by atoms with van der Waals surface area (Å²) in [6, 6.07) is 2.55. The first-order valence-electron chi connectivity index (χ1n) is 7.91. The van der Waals surface area contributed by atoms with Crippen LogP contribution in [0, 0.1) is 0 Å². The minimum atomic E-state index is -4.74. The number of halogens is 4. The largest absolute Gasteiger partial charge is 0.417 e. The van der Waals surface area contributed by atoms with Gasteiger partial charge in [-0.3, -0.25) is 9.69 Å². The summed E-state index contributed by atoms with van der Waals surface area (Å²) in [7, 11) is -4.08. The molecule has 0 radical (unpaired) electrons.